The molecule has 2 aliphatic rings. The predicted octanol–water partition coefficient (Wildman–Crippen LogP) is 1.94. The summed E-state index contributed by atoms with van der Waals surface area (Å²) < 4.78 is 0. The number of amidine groups is 1. The number of likely N-dealkylation sites (tertiary alicyclic amines) is 1. The number of carbonyl (C=O) groups excluding carboxylic acids is 1. The van der Waals surface area contributed by atoms with E-state index in [0.717, 1.165) is 32.2 Å². The van der Waals surface area contributed by atoms with Crippen LogP contribution >= 0.6 is 0 Å². The first-order valence-corrected chi connectivity index (χ1v) is 7.30. The highest BCUT2D eigenvalue weighted by molar-refractivity contribution is 6.07. The quantitative estimate of drug-likeness (QED) is 0.347. The summed E-state index contributed by atoms with van der Waals surface area (Å²) in [7, 11) is 0. The van der Waals surface area contributed by atoms with Gasteiger partial charge in [0.05, 0.1) is 0 Å². The monoisotopic (exact) mass is 267 g/mol. The van der Waals surface area contributed by atoms with E-state index in [1.807, 2.05) is 4.90 Å². The van der Waals surface area contributed by atoms with Gasteiger partial charge in [-0.05, 0) is 32.1 Å². The summed E-state index contributed by atoms with van der Waals surface area (Å²) in [5, 5.41) is 12.2. The van der Waals surface area contributed by atoms with Gasteiger partial charge in [0.15, 0.2) is 5.84 Å². The van der Waals surface area contributed by atoms with Crippen LogP contribution in [0.4, 0.5) is 0 Å². The van der Waals surface area contributed by atoms with Crippen molar-refractivity contribution >= 4 is 11.7 Å². The van der Waals surface area contributed by atoms with Gasteiger partial charge >= 0.3 is 0 Å². The minimum Gasteiger partial charge on any atom is -0.409 e. The van der Waals surface area contributed by atoms with E-state index in [2.05, 4.69) is 19.0 Å². The molecule has 2 unspecified atom stereocenters. The molecule has 0 aromatic heterocycles. The summed E-state index contributed by atoms with van der Waals surface area (Å²) in [5.74, 6) is 0.704. The molecule has 108 valence electrons. The van der Waals surface area contributed by atoms with Crippen LogP contribution in [0.5, 0.6) is 0 Å². The number of nitrogens with two attached hydrogens (primary N) is 1. The average Bonchev–Trinajstić information content (AvgIpc) is 2.76. The predicted molar refractivity (Wildman–Crippen MR) is 73.9 cm³/mol. The molecule has 0 radical (unpaired) electrons. The highest BCUT2D eigenvalue weighted by Crippen LogP contribution is 2.40. The molecule has 1 aliphatic heterocycles. The highest BCUT2D eigenvalue weighted by Gasteiger charge is 2.48. The minimum absolute atomic E-state index is 0.0688. The molecular weight excluding hydrogens is 242 g/mol. The van der Waals surface area contributed by atoms with Crippen molar-refractivity contribution in [2.24, 2.45) is 22.2 Å². The molecule has 3 N–H and O–H groups in total. The average molecular weight is 267 g/mol. The summed E-state index contributed by atoms with van der Waals surface area (Å²) in [6.45, 7) is 5.05. The van der Waals surface area contributed by atoms with Crippen molar-refractivity contribution < 1.29 is 10.0 Å². The molecule has 2 atom stereocenters. The van der Waals surface area contributed by atoms with Crippen LogP contribution in [0.25, 0.3) is 0 Å². The molecule has 2 fully saturated rings. The van der Waals surface area contributed by atoms with Gasteiger partial charge in [-0.3, -0.25) is 4.79 Å². The second-order valence-corrected chi connectivity index (χ2v) is 6.28. The van der Waals surface area contributed by atoms with E-state index < -0.39 is 5.41 Å². The number of nitrogens with zero attached hydrogens (tertiary/aromatic N) is 2. The topological polar surface area (TPSA) is 78.9 Å². The second kappa shape index (κ2) is 5.39. The first-order valence-electron chi connectivity index (χ1n) is 7.30. The Morgan fingerprint density at radius 2 is 1.95 bits per heavy atom. The molecule has 1 saturated carbocycles. The van der Waals surface area contributed by atoms with Crippen molar-refractivity contribution in [1.29, 1.82) is 0 Å². The van der Waals surface area contributed by atoms with Gasteiger partial charge in [-0.15, -0.1) is 0 Å². The van der Waals surface area contributed by atoms with Crippen LogP contribution < -0.4 is 5.73 Å². The summed E-state index contributed by atoms with van der Waals surface area (Å²) in [6.07, 6.45) is 5.52. The van der Waals surface area contributed by atoms with E-state index in [9.17, 15) is 4.79 Å². The molecule has 1 aliphatic carbocycles. The van der Waals surface area contributed by atoms with Crippen LogP contribution in [-0.4, -0.2) is 34.4 Å². The summed E-state index contributed by atoms with van der Waals surface area (Å²) in [6, 6.07) is 0.257. The van der Waals surface area contributed by atoms with Crippen LogP contribution in [0, 0.1) is 11.3 Å². The number of amides is 1. The number of rotatable bonds is 2. The maximum absolute atomic E-state index is 12.9. The molecule has 0 aromatic carbocycles. The van der Waals surface area contributed by atoms with Gasteiger partial charge in [-0.2, -0.15) is 0 Å². The van der Waals surface area contributed by atoms with Crippen LogP contribution in [0.3, 0.4) is 0 Å². The number of hydrogen-bond donors (Lipinski definition) is 2. The van der Waals surface area contributed by atoms with Gasteiger partial charge in [-0.1, -0.05) is 31.3 Å². The van der Waals surface area contributed by atoms with Crippen molar-refractivity contribution in [3.63, 3.8) is 0 Å². The third kappa shape index (κ3) is 2.42. The fraction of sp³-hybridized carbons (Fsp3) is 0.857. The molecule has 5 nitrogen and oxygen atoms in total. The zero-order valence-electron chi connectivity index (χ0n) is 11.9. The normalized spacial score (nSPS) is 31.5. The van der Waals surface area contributed by atoms with E-state index in [1.165, 1.54) is 0 Å². The third-order valence-corrected chi connectivity index (χ3v) is 4.76. The largest absolute Gasteiger partial charge is 0.409 e. The Labute approximate surface area is 114 Å². The van der Waals surface area contributed by atoms with Gasteiger partial charge in [-0.25, -0.2) is 0 Å². The minimum atomic E-state index is -0.759. The van der Waals surface area contributed by atoms with Crippen molar-refractivity contribution in [1.82, 2.24) is 4.90 Å². The Morgan fingerprint density at radius 1 is 1.32 bits per heavy atom. The molecule has 1 amide bonds. The molecular formula is C14H25N3O2. The lowest BCUT2D eigenvalue weighted by Gasteiger charge is -2.38. The lowest BCUT2D eigenvalue weighted by Crippen LogP contribution is -2.53. The highest BCUT2D eigenvalue weighted by atomic mass is 16.4. The SMILES string of the molecule is CC1CC(C)N(C(=O)C2(C(N)=NO)CCCCC2)C1. The molecule has 0 aromatic rings. The maximum Gasteiger partial charge on any atom is 0.236 e. The van der Waals surface area contributed by atoms with Crippen molar-refractivity contribution in [3.05, 3.63) is 0 Å². The van der Waals surface area contributed by atoms with Crippen LogP contribution in [0.2, 0.25) is 0 Å². The first-order chi connectivity index (χ1) is 9.01. The molecule has 0 bridgehead atoms. The van der Waals surface area contributed by atoms with Gasteiger partial charge < -0.3 is 15.8 Å². The van der Waals surface area contributed by atoms with Crippen LogP contribution in [-0.2, 0) is 4.79 Å². The van der Waals surface area contributed by atoms with Crippen LogP contribution in [0.1, 0.15) is 52.4 Å². The van der Waals surface area contributed by atoms with Gasteiger partial charge in [0, 0.05) is 12.6 Å². The smallest absolute Gasteiger partial charge is 0.236 e. The van der Waals surface area contributed by atoms with Crippen molar-refractivity contribution in [3.8, 4) is 0 Å². The van der Waals surface area contributed by atoms with E-state index >= 15 is 0 Å². The van der Waals surface area contributed by atoms with E-state index in [-0.39, 0.29) is 17.8 Å². The Bertz CT molecular complexity index is 375. The van der Waals surface area contributed by atoms with Gasteiger partial charge in [0.1, 0.15) is 5.41 Å². The van der Waals surface area contributed by atoms with Crippen molar-refractivity contribution in [2.75, 3.05) is 6.54 Å². The first kappa shape index (κ1) is 14.2. The summed E-state index contributed by atoms with van der Waals surface area (Å²) in [5.41, 5.74) is 5.13. The van der Waals surface area contributed by atoms with E-state index in [4.69, 9.17) is 10.9 Å². The van der Waals surface area contributed by atoms with Crippen LogP contribution in [0.15, 0.2) is 5.16 Å². The fourth-order valence-corrected chi connectivity index (χ4v) is 3.69. The Morgan fingerprint density at radius 3 is 2.42 bits per heavy atom. The molecule has 5 heteroatoms. The van der Waals surface area contributed by atoms with Gasteiger partial charge in [0.25, 0.3) is 0 Å². The van der Waals surface area contributed by atoms with E-state index in [1.54, 1.807) is 0 Å². The molecule has 2 rings (SSSR count). The van der Waals surface area contributed by atoms with Gasteiger partial charge in [0.2, 0.25) is 5.91 Å². The summed E-state index contributed by atoms with van der Waals surface area (Å²) >= 11 is 0. The molecule has 1 heterocycles. The Balaban J connectivity index is 2.26. The lowest BCUT2D eigenvalue weighted by atomic mass is 9.72. The number of oxime groups is 1. The van der Waals surface area contributed by atoms with Crippen molar-refractivity contribution in [2.45, 2.75) is 58.4 Å². The summed E-state index contributed by atoms with van der Waals surface area (Å²) in [4.78, 5) is 14.9. The molecule has 0 spiro atoms. The second-order valence-electron chi connectivity index (χ2n) is 6.28. The Hall–Kier alpha value is -1.26. The molecule has 19 heavy (non-hydrogen) atoms. The fourth-order valence-electron chi connectivity index (χ4n) is 3.69. The number of carbonyl (C=O) groups is 1. The zero-order valence-corrected chi connectivity index (χ0v) is 11.9. The number of hydrogen-bond acceptors (Lipinski definition) is 3. The molecule has 1 saturated heterocycles. The lowest BCUT2D eigenvalue weighted by molar-refractivity contribution is -0.140. The third-order valence-electron chi connectivity index (χ3n) is 4.76. The van der Waals surface area contributed by atoms with E-state index in [0.29, 0.717) is 18.8 Å². The zero-order chi connectivity index (χ0) is 14.0. The maximum atomic E-state index is 12.9. The Kier molecular flexibility index (Phi) is 4.02. The standard InChI is InChI=1S/C14H25N3O2/c1-10-8-11(2)17(9-10)13(18)14(12(15)16-19)6-4-3-5-7-14/h10-11,19H,3-9H2,1-2H3,(H2,15,16).